The summed E-state index contributed by atoms with van der Waals surface area (Å²) in [5, 5.41) is 19.5. The Labute approximate surface area is 193 Å². The first-order chi connectivity index (χ1) is 16.5. The average Bonchev–Trinajstić information content (AvgIpc) is 3.42. The van der Waals surface area contributed by atoms with Gasteiger partial charge in [-0.3, -0.25) is 0 Å². The lowest BCUT2D eigenvalue weighted by Crippen LogP contribution is -2.44. The highest BCUT2D eigenvalue weighted by Gasteiger charge is 2.42. The Morgan fingerprint density at radius 2 is 1.77 bits per heavy atom. The first-order valence-electron chi connectivity index (χ1n) is 10.0. The van der Waals surface area contributed by atoms with E-state index in [-0.39, 0.29) is 17.8 Å². The third-order valence-corrected chi connectivity index (χ3v) is 5.37. The van der Waals surface area contributed by atoms with Crippen molar-refractivity contribution in [2.75, 3.05) is 0 Å². The topological polar surface area (TPSA) is 100.0 Å². The van der Waals surface area contributed by atoms with Crippen LogP contribution in [0.2, 0.25) is 0 Å². The average molecular weight is 496 g/mol. The minimum atomic E-state index is -4.87. The van der Waals surface area contributed by atoms with Crippen LogP contribution in [0.5, 0.6) is 5.75 Å². The Bertz CT molecular complexity index is 1370. The van der Waals surface area contributed by atoms with E-state index in [1.54, 1.807) is 0 Å². The molecule has 0 unspecified atom stereocenters. The first kappa shape index (κ1) is 24.1. The molecular formula is C21H17F5N6O3. The van der Waals surface area contributed by atoms with E-state index in [0.29, 0.717) is 6.07 Å². The minimum absolute atomic E-state index is 0.163. The molecule has 0 radical (unpaired) electrons. The molecule has 0 fully saturated rings. The van der Waals surface area contributed by atoms with Gasteiger partial charge in [-0.25, -0.2) is 32.5 Å². The third-order valence-electron chi connectivity index (χ3n) is 5.37. The van der Waals surface area contributed by atoms with Crippen molar-refractivity contribution in [3.05, 3.63) is 89.1 Å². The van der Waals surface area contributed by atoms with Crippen LogP contribution in [0.15, 0.2) is 66.2 Å². The lowest BCUT2D eigenvalue weighted by molar-refractivity contribution is -0.274. The fourth-order valence-electron chi connectivity index (χ4n) is 3.61. The summed E-state index contributed by atoms with van der Waals surface area (Å²) in [6.07, 6.45) is -1.32. The van der Waals surface area contributed by atoms with Crippen molar-refractivity contribution in [3.63, 3.8) is 0 Å². The maximum atomic E-state index is 14.7. The van der Waals surface area contributed by atoms with Crippen molar-refractivity contribution in [3.8, 4) is 11.4 Å². The molecule has 9 nitrogen and oxygen atoms in total. The standard InChI is InChI=1S/C21H17F5N6O3/c1-13(20(34,9-30-11-27-10-28-30)17-7-2-14(22)8-18(17)23)32-19(33)31(12-29-32)15-3-5-16(6-4-15)35-21(24,25)26/h2-8,10-13,34H,9H2,1H3/t13-,20-/m1/s1. The Hall–Kier alpha value is -4.07. The summed E-state index contributed by atoms with van der Waals surface area (Å²) in [7, 11) is 0. The molecule has 2 atom stereocenters. The van der Waals surface area contributed by atoms with Gasteiger partial charge in [0.1, 0.15) is 42.0 Å². The molecule has 35 heavy (non-hydrogen) atoms. The second-order valence-electron chi connectivity index (χ2n) is 7.59. The Kier molecular flexibility index (Phi) is 6.15. The second-order valence-corrected chi connectivity index (χ2v) is 7.59. The van der Waals surface area contributed by atoms with Crippen molar-refractivity contribution in [2.45, 2.75) is 31.5 Å². The van der Waals surface area contributed by atoms with Crippen LogP contribution in [-0.2, 0) is 12.1 Å². The van der Waals surface area contributed by atoms with E-state index in [1.165, 1.54) is 36.4 Å². The van der Waals surface area contributed by atoms with E-state index < -0.39 is 41.1 Å². The van der Waals surface area contributed by atoms with Gasteiger partial charge in [0.05, 0.1) is 18.3 Å². The molecule has 0 aliphatic heterocycles. The number of hydrogen-bond donors (Lipinski definition) is 1. The number of hydrogen-bond acceptors (Lipinski definition) is 6. The fraction of sp³-hybridized carbons (Fsp3) is 0.238. The zero-order valence-corrected chi connectivity index (χ0v) is 17.9. The molecule has 0 aliphatic carbocycles. The van der Waals surface area contributed by atoms with Gasteiger partial charge >= 0.3 is 12.1 Å². The van der Waals surface area contributed by atoms with Crippen LogP contribution in [0.1, 0.15) is 18.5 Å². The SMILES string of the molecule is C[C@@H](n1ncn(-c2ccc(OC(F)(F)F)cc2)c1=O)[C@](O)(Cn1cncn1)c1ccc(F)cc1F. The Balaban J connectivity index is 1.72. The van der Waals surface area contributed by atoms with Crippen molar-refractivity contribution >= 4 is 0 Å². The summed E-state index contributed by atoms with van der Waals surface area (Å²) >= 11 is 0. The quantitative estimate of drug-likeness (QED) is 0.395. The van der Waals surface area contributed by atoms with E-state index in [2.05, 4.69) is 19.9 Å². The predicted molar refractivity (Wildman–Crippen MR) is 109 cm³/mol. The number of ether oxygens (including phenoxy) is 1. The van der Waals surface area contributed by atoms with Crippen LogP contribution in [0, 0.1) is 11.6 Å². The zero-order valence-electron chi connectivity index (χ0n) is 17.9. The van der Waals surface area contributed by atoms with Crippen LogP contribution in [0.3, 0.4) is 0 Å². The molecule has 0 saturated carbocycles. The molecule has 2 heterocycles. The molecule has 4 rings (SSSR count). The Morgan fingerprint density at radius 1 is 1.06 bits per heavy atom. The summed E-state index contributed by atoms with van der Waals surface area (Å²) in [4.78, 5) is 16.9. The van der Waals surface area contributed by atoms with Crippen molar-refractivity contribution < 1.29 is 31.8 Å². The van der Waals surface area contributed by atoms with E-state index in [9.17, 15) is 31.9 Å². The maximum absolute atomic E-state index is 14.7. The van der Waals surface area contributed by atoms with Crippen LogP contribution in [0.25, 0.3) is 5.69 Å². The summed E-state index contributed by atoms with van der Waals surface area (Å²) < 4.78 is 72.3. The first-order valence-corrected chi connectivity index (χ1v) is 10.0. The smallest absolute Gasteiger partial charge is 0.406 e. The van der Waals surface area contributed by atoms with Crippen LogP contribution >= 0.6 is 0 Å². The molecule has 0 bridgehead atoms. The zero-order chi connectivity index (χ0) is 25.4. The van der Waals surface area contributed by atoms with Gasteiger partial charge in [-0.1, -0.05) is 6.07 Å². The Morgan fingerprint density at radius 3 is 2.37 bits per heavy atom. The predicted octanol–water partition coefficient (Wildman–Crippen LogP) is 2.95. The van der Waals surface area contributed by atoms with Gasteiger partial charge in [0, 0.05) is 11.6 Å². The van der Waals surface area contributed by atoms with Crippen LogP contribution in [-0.4, -0.2) is 40.6 Å². The number of aliphatic hydroxyl groups is 1. The molecule has 184 valence electrons. The van der Waals surface area contributed by atoms with Gasteiger partial charge in [-0.2, -0.15) is 10.2 Å². The largest absolute Gasteiger partial charge is 0.573 e. The normalized spacial score (nSPS) is 14.5. The number of nitrogens with zero attached hydrogens (tertiary/aromatic N) is 6. The van der Waals surface area contributed by atoms with Crippen LogP contribution in [0.4, 0.5) is 22.0 Å². The van der Waals surface area contributed by atoms with Gasteiger partial charge < -0.3 is 9.84 Å². The molecule has 0 spiro atoms. The highest BCUT2D eigenvalue weighted by molar-refractivity contribution is 5.37. The third kappa shape index (κ3) is 4.91. The highest BCUT2D eigenvalue weighted by atomic mass is 19.4. The van der Waals surface area contributed by atoms with Crippen molar-refractivity contribution in [1.82, 2.24) is 29.1 Å². The number of rotatable bonds is 7. The molecular weight excluding hydrogens is 479 g/mol. The summed E-state index contributed by atoms with van der Waals surface area (Å²) in [6, 6.07) is 5.85. The van der Waals surface area contributed by atoms with E-state index >= 15 is 0 Å². The van der Waals surface area contributed by atoms with Gasteiger partial charge in [0.25, 0.3) is 0 Å². The number of benzene rings is 2. The minimum Gasteiger partial charge on any atom is -0.406 e. The molecule has 14 heteroatoms. The maximum Gasteiger partial charge on any atom is 0.573 e. The molecule has 0 saturated heterocycles. The number of aromatic nitrogens is 6. The fourth-order valence-corrected chi connectivity index (χ4v) is 3.61. The number of alkyl halides is 3. The van der Waals surface area contributed by atoms with Crippen molar-refractivity contribution in [1.29, 1.82) is 0 Å². The second kappa shape index (κ2) is 8.94. The lowest BCUT2D eigenvalue weighted by atomic mass is 9.86. The highest BCUT2D eigenvalue weighted by Crippen LogP contribution is 2.36. The van der Waals surface area contributed by atoms with Crippen LogP contribution < -0.4 is 10.4 Å². The van der Waals surface area contributed by atoms with Gasteiger partial charge in [-0.05, 0) is 37.3 Å². The molecule has 0 amide bonds. The van der Waals surface area contributed by atoms with Gasteiger partial charge in [-0.15, -0.1) is 13.2 Å². The van der Waals surface area contributed by atoms with Gasteiger partial charge in [0.2, 0.25) is 0 Å². The molecule has 1 N–H and O–H groups in total. The number of halogens is 5. The monoisotopic (exact) mass is 496 g/mol. The van der Waals surface area contributed by atoms with E-state index in [4.69, 9.17) is 0 Å². The van der Waals surface area contributed by atoms with E-state index in [1.807, 2.05) is 0 Å². The van der Waals surface area contributed by atoms with Crippen molar-refractivity contribution in [2.24, 2.45) is 0 Å². The molecule has 2 aromatic carbocycles. The molecule has 4 aromatic rings. The molecule has 2 aromatic heterocycles. The summed E-state index contributed by atoms with van der Waals surface area (Å²) in [5.41, 5.74) is -3.06. The summed E-state index contributed by atoms with van der Waals surface area (Å²) in [5.74, 6) is -2.39. The summed E-state index contributed by atoms with van der Waals surface area (Å²) in [6.45, 7) is 1.04. The molecule has 0 aliphatic rings. The lowest BCUT2D eigenvalue weighted by Gasteiger charge is -2.34. The van der Waals surface area contributed by atoms with Gasteiger partial charge in [0.15, 0.2) is 0 Å². The van der Waals surface area contributed by atoms with E-state index in [0.717, 1.165) is 39.8 Å².